The summed E-state index contributed by atoms with van der Waals surface area (Å²) < 4.78 is 10.7. The highest BCUT2D eigenvalue weighted by atomic mass is 16.5. The Labute approximate surface area is 153 Å². The van der Waals surface area contributed by atoms with E-state index >= 15 is 0 Å². The number of rotatable bonds is 6. The average molecular weight is 361 g/mol. The van der Waals surface area contributed by atoms with E-state index < -0.39 is 0 Å². The van der Waals surface area contributed by atoms with E-state index in [1.165, 1.54) is 0 Å². The van der Waals surface area contributed by atoms with Gasteiger partial charge in [0, 0.05) is 31.0 Å². The van der Waals surface area contributed by atoms with Crippen molar-refractivity contribution in [1.29, 1.82) is 0 Å². The average Bonchev–Trinajstić information content (AvgIpc) is 3.37. The molecule has 2 aromatic heterocycles. The van der Waals surface area contributed by atoms with Crippen LogP contribution in [0.2, 0.25) is 0 Å². The molecule has 0 radical (unpaired) electrons. The predicted molar refractivity (Wildman–Crippen MR) is 94.6 cm³/mol. The lowest BCUT2D eigenvalue weighted by molar-refractivity contribution is 0.189. The van der Waals surface area contributed by atoms with Gasteiger partial charge in [-0.1, -0.05) is 38.0 Å². The van der Waals surface area contributed by atoms with E-state index in [4.69, 9.17) is 9.05 Å². The number of hydrogen-bond acceptors (Lipinski definition) is 6. The molecule has 26 heavy (non-hydrogen) atoms. The highest BCUT2D eigenvalue weighted by molar-refractivity contribution is 5.75. The van der Waals surface area contributed by atoms with Crippen molar-refractivity contribution in [3.63, 3.8) is 0 Å². The van der Waals surface area contributed by atoms with Gasteiger partial charge in [-0.05, 0) is 19.3 Å². The van der Waals surface area contributed by atoms with Crippen LogP contribution in [0.15, 0.2) is 9.05 Å². The van der Waals surface area contributed by atoms with E-state index in [-0.39, 0.29) is 18.0 Å². The van der Waals surface area contributed by atoms with Crippen LogP contribution >= 0.6 is 0 Å². The van der Waals surface area contributed by atoms with Gasteiger partial charge in [0.15, 0.2) is 5.82 Å². The number of nitrogens with zero attached hydrogens (tertiary/aromatic N) is 4. The number of carbonyl (C=O) groups excluding carboxylic acids is 1. The second-order valence-electron chi connectivity index (χ2n) is 6.89. The van der Waals surface area contributed by atoms with Crippen molar-refractivity contribution < 1.29 is 13.8 Å². The maximum atomic E-state index is 12.7. The van der Waals surface area contributed by atoms with Crippen molar-refractivity contribution in [1.82, 2.24) is 25.5 Å². The van der Waals surface area contributed by atoms with Crippen molar-refractivity contribution in [2.75, 3.05) is 6.54 Å². The van der Waals surface area contributed by atoms with Gasteiger partial charge in [0.2, 0.25) is 5.89 Å². The van der Waals surface area contributed by atoms with E-state index in [1.807, 2.05) is 27.7 Å². The van der Waals surface area contributed by atoms with Gasteiger partial charge >= 0.3 is 6.03 Å². The normalized spacial score (nSPS) is 17.3. The van der Waals surface area contributed by atoms with E-state index in [1.54, 1.807) is 4.90 Å². The summed E-state index contributed by atoms with van der Waals surface area (Å²) in [5, 5.41) is 11.2. The molecule has 1 fully saturated rings. The Morgan fingerprint density at radius 3 is 2.73 bits per heavy atom. The molecule has 142 valence electrons. The van der Waals surface area contributed by atoms with Crippen LogP contribution < -0.4 is 5.32 Å². The Kier molecular flexibility index (Phi) is 5.58. The van der Waals surface area contributed by atoms with Crippen LogP contribution in [0, 0.1) is 0 Å². The van der Waals surface area contributed by atoms with Crippen molar-refractivity contribution in [3.8, 4) is 0 Å². The number of aromatic nitrogens is 3. The van der Waals surface area contributed by atoms with E-state index in [9.17, 15) is 4.79 Å². The number of nitrogens with one attached hydrogen (secondary N) is 1. The third-order valence-corrected chi connectivity index (χ3v) is 4.79. The first-order valence-corrected chi connectivity index (χ1v) is 9.39. The number of carbonyl (C=O) groups is 1. The van der Waals surface area contributed by atoms with Gasteiger partial charge in [-0.25, -0.2) is 4.79 Å². The molecule has 3 rings (SSSR count). The van der Waals surface area contributed by atoms with Crippen LogP contribution in [0.5, 0.6) is 0 Å². The molecule has 0 aliphatic carbocycles. The van der Waals surface area contributed by atoms with Gasteiger partial charge in [-0.3, -0.25) is 0 Å². The maximum Gasteiger partial charge on any atom is 0.318 e. The Hall–Kier alpha value is -2.38. The Morgan fingerprint density at radius 2 is 2.08 bits per heavy atom. The van der Waals surface area contributed by atoms with Crippen LogP contribution in [0.25, 0.3) is 0 Å². The minimum atomic E-state index is -0.134. The van der Waals surface area contributed by atoms with Gasteiger partial charge in [-0.15, -0.1) is 0 Å². The fourth-order valence-electron chi connectivity index (χ4n) is 3.30. The summed E-state index contributed by atoms with van der Waals surface area (Å²) in [6.45, 7) is 9.17. The summed E-state index contributed by atoms with van der Waals surface area (Å²) in [5.74, 6) is 2.21. The van der Waals surface area contributed by atoms with Crippen molar-refractivity contribution in [2.24, 2.45) is 0 Å². The zero-order valence-corrected chi connectivity index (χ0v) is 15.9. The van der Waals surface area contributed by atoms with Crippen LogP contribution in [-0.4, -0.2) is 32.8 Å². The van der Waals surface area contributed by atoms with E-state index in [2.05, 4.69) is 20.6 Å². The summed E-state index contributed by atoms with van der Waals surface area (Å²) in [7, 11) is 0. The number of likely N-dealkylation sites (tertiary alicyclic amines) is 1. The lowest BCUT2D eigenvalue weighted by atomic mass is 10.1. The Bertz CT molecular complexity index is 730. The highest BCUT2D eigenvalue weighted by Gasteiger charge is 2.33. The lowest BCUT2D eigenvalue weighted by Gasteiger charge is -2.22. The van der Waals surface area contributed by atoms with Crippen molar-refractivity contribution in [3.05, 3.63) is 28.7 Å². The number of hydrogen-bond donors (Lipinski definition) is 1. The molecule has 8 nitrogen and oxygen atoms in total. The molecule has 1 aliphatic heterocycles. The van der Waals surface area contributed by atoms with E-state index in [0.29, 0.717) is 24.8 Å². The second kappa shape index (κ2) is 7.88. The quantitative estimate of drug-likeness (QED) is 0.847. The van der Waals surface area contributed by atoms with Crippen LogP contribution in [-0.2, 0) is 19.4 Å². The molecule has 1 N–H and O–H groups in total. The number of aryl methyl sites for hydroxylation is 2. The molecular formula is C18H27N5O3. The summed E-state index contributed by atoms with van der Waals surface area (Å²) in [5.41, 5.74) is 1.89. The monoisotopic (exact) mass is 361 g/mol. The van der Waals surface area contributed by atoms with Crippen LogP contribution in [0.3, 0.4) is 0 Å². The smallest absolute Gasteiger partial charge is 0.318 e. The molecule has 2 amide bonds. The first-order valence-electron chi connectivity index (χ1n) is 9.39. The molecule has 2 aromatic rings. The molecule has 1 atom stereocenters. The molecule has 1 aliphatic rings. The molecule has 1 saturated heterocycles. The van der Waals surface area contributed by atoms with Crippen LogP contribution in [0.4, 0.5) is 4.79 Å². The van der Waals surface area contributed by atoms with Crippen LogP contribution in [0.1, 0.15) is 81.2 Å². The number of amides is 2. The molecule has 0 bridgehead atoms. The first-order chi connectivity index (χ1) is 12.5. The molecular weight excluding hydrogens is 334 g/mol. The van der Waals surface area contributed by atoms with Crippen molar-refractivity contribution in [2.45, 2.75) is 71.9 Å². The van der Waals surface area contributed by atoms with Gasteiger partial charge in [-0.2, -0.15) is 4.98 Å². The largest absolute Gasteiger partial charge is 0.361 e. The highest BCUT2D eigenvalue weighted by Crippen LogP contribution is 2.31. The zero-order valence-electron chi connectivity index (χ0n) is 15.9. The zero-order chi connectivity index (χ0) is 18.7. The molecule has 1 unspecified atom stereocenters. The summed E-state index contributed by atoms with van der Waals surface area (Å²) in [6.07, 6.45) is 3.31. The molecule has 0 aromatic carbocycles. The van der Waals surface area contributed by atoms with Gasteiger partial charge in [0.1, 0.15) is 5.76 Å². The first kappa shape index (κ1) is 18.4. The summed E-state index contributed by atoms with van der Waals surface area (Å²) in [4.78, 5) is 19.0. The SMILES string of the molecule is CCc1noc(CC)c1CNC(=O)N1CCCC1c1noc(C(C)C)n1. The molecule has 8 heteroatoms. The maximum absolute atomic E-state index is 12.7. The summed E-state index contributed by atoms with van der Waals surface area (Å²) >= 11 is 0. The third kappa shape index (κ3) is 3.59. The second-order valence-corrected chi connectivity index (χ2v) is 6.89. The molecule has 0 spiro atoms. The Balaban J connectivity index is 1.68. The van der Waals surface area contributed by atoms with Gasteiger partial charge < -0.3 is 19.3 Å². The van der Waals surface area contributed by atoms with Crippen molar-refractivity contribution >= 4 is 6.03 Å². The molecule has 3 heterocycles. The fraction of sp³-hybridized carbons (Fsp3) is 0.667. The fourth-order valence-corrected chi connectivity index (χ4v) is 3.30. The Morgan fingerprint density at radius 1 is 1.27 bits per heavy atom. The van der Waals surface area contributed by atoms with Gasteiger partial charge in [0.05, 0.1) is 11.7 Å². The van der Waals surface area contributed by atoms with Gasteiger partial charge in [0.25, 0.3) is 0 Å². The number of urea groups is 1. The predicted octanol–water partition coefficient (Wildman–Crippen LogP) is 3.35. The minimum Gasteiger partial charge on any atom is -0.361 e. The minimum absolute atomic E-state index is 0.117. The third-order valence-electron chi connectivity index (χ3n) is 4.79. The topological polar surface area (TPSA) is 97.3 Å². The summed E-state index contributed by atoms with van der Waals surface area (Å²) in [6, 6.07) is -0.251. The van der Waals surface area contributed by atoms with E-state index in [0.717, 1.165) is 42.7 Å². The lowest BCUT2D eigenvalue weighted by Crippen LogP contribution is -2.39. The molecule has 0 saturated carbocycles. The standard InChI is InChI=1S/C18H27N5O3/c1-5-13-12(15(6-2)25-21-13)10-19-18(24)23-9-7-8-14(23)16-20-17(11(3)4)26-22-16/h11,14H,5-10H2,1-4H3,(H,19,24).